The second kappa shape index (κ2) is 5.53. The molecule has 19 heavy (non-hydrogen) atoms. The van der Waals surface area contributed by atoms with Crippen LogP contribution in [0.1, 0.15) is 33.9 Å². The summed E-state index contributed by atoms with van der Waals surface area (Å²) in [6, 6.07) is 3.59. The highest BCUT2D eigenvalue weighted by molar-refractivity contribution is 7.16. The molecule has 2 rings (SSSR count). The maximum Gasteiger partial charge on any atom is 0.256 e. The number of carbonyl (C=O) groups excluding carboxylic acids is 1. The highest BCUT2D eigenvalue weighted by Crippen LogP contribution is 2.27. The number of halogens is 2. The summed E-state index contributed by atoms with van der Waals surface area (Å²) in [5, 5.41) is 7.36. The molecule has 0 fully saturated rings. The maximum absolute atomic E-state index is 12.2. The number of aromatic nitrogens is 2. The molecule has 0 aliphatic heterocycles. The Balaban J connectivity index is 2.17. The zero-order chi connectivity index (χ0) is 14.2. The van der Waals surface area contributed by atoms with Crippen molar-refractivity contribution < 1.29 is 4.79 Å². The number of nitrogens with zero attached hydrogens (tertiary/aromatic N) is 2. The van der Waals surface area contributed by atoms with Gasteiger partial charge in [0.2, 0.25) is 0 Å². The van der Waals surface area contributed by atoms with E-state index in [0.717, 1.165) is 4.88 Å². The maximum atomic E-state index is 12.2. The molecule has 0 aliphatic rings. The predicted octanol–water partition coefficient (Wildman–Crippen LogP) is 3.59. The van der Waals surface area contributed by atoms with Crippen molar-refractivity contribution in [3.05, 3.63) is 37.8 Å². The van der Waals surface area contributed by atoms with Crippen molar-refractivity contribution in [2.24, 2.45) is 7.05 Å². The fourth-order valence-electron chi connectivity index (χ4n) is 1.79. The molecule has 0 saturated heterocycles. The second-order valence-corrected chi connectivity index (χ2v) is 6.32. The Kier molecular flexibility index (Phi) is 4.18. The molecule has 4 nitrogen and oxygen atoms in total. The van der Waals surface area contributed by atoms with Crippen molar-refractivity contribution in [3.63, 3.8) is 0 Å². The molecular formula is C12H13Cl2N3OS. The van der Waals surface area contributed by atoms with Crippen molar-refractivity contribution in [1.29, 1.82) is 0 Å². The Labute approximate surface area is 125 Å². The normalized spacial score (nSPS) is 12.5. The van der Waals surface area contributed by atoms with Gasteiger partial charge in [0.25, 0.3) is 5.91 Å². The minimum absolute atomic E-state index is 0.124. The van der Waals surface area contributed by atoms with E-state index in [4.69, 9.17) is 23.2 Å². The third-order valence-electron chi connectivity index (χ3n) is 2.75. The summed E-state index contributed by atoms with van der Waals surface area (Å²) < 4.78 is 2.19. The molecule has 102 valence electrons. The third kappa shape index (κ3) is 2.94. The van der Waals surface area contributed by atoms with E-state index in [0.29, 0.717) is 20.7 Å². The highest BCUT2D eigenvalue weighted by Gasteiger charge is 2.21. The smallest absolute Gasteiger partial charge is 0.256 e. The molecule has 0 aliphatic carbocycles. The number of carbonyl (C=O) groups is 1. The lowest BCUT2D eigenvalue weighted by Crippen LogP contribution is -2.26. The number of thiophene rings is 1. The van der Waals surface area contributed by atoms with E-state index in [1.165, 1.54) is 16.0 Å². The second-order valence-electron chi connectivity index (χ2n) is 4.21. The first-order valence-electron chi connectivity index (χ1n) is 5.65. The minimum atomic E-state index is -0.229. The zero-order valence-corrected chi connectivity index (χ0v) is 13.0. The molecule has 2 heterocycles. The molecule has 7 heteroatoms. The van der Waals surface area contributed by atoms with Gasteiger partial charge in [0.1, 0.15) is 5.15 Å². The van der Waals surface area contributed by atoms with Crippen LogP contribution >= 0.6 is 34.5 Å². The van der Waals surface area contributed by atoms with Crippen LogP contribution in [0.15, 0.2) is 12.1 Å². The molecule has 0 bridgehead atoms. The molecular weight excluding hydrogens is 305 g/mol. The van der Waals surface area contributed by atoms with Gasteiger partial charge in [-0.25, -0.2) is 0 Å². The Morgan fingerprint density at radius 1 is 1.47 bits per heavy atom. The Morgan fingerprint density at radius 2 is 2.16 bits per heavy atom. The quantitative estimate of drug-likeness (QED) is 0.940. The van der Waals surface area contributed by atoms with Crippen LogP contribution in [0.25, 0.3) is 0 Å². The van der Waals surface area contributed by atoms with Crippen LogP contribution < -0.4 is 5.32 Å². The van der Waals surface area contributed by atoms with Gasteiger partial charge in [0, 0.05) is 11.9 Å². The monoisotopic (exact) mass is 317 g/mol. The molecule has 0 saturated carbocycles. The van der Waals surface area contributed by atoms with Crippen LogP contribution in [0.5, 0.6) is 0 Å². The van der Waals surface area contributed by atoms with E-state index >= 15 is 0 Å². The van der Waals surface area contributed by atoms with E-state index in [9.17, 15) is 4.79 Å². The molecule has 0 aromatic carbocycles. The van der Waals surface area contributed by atoms with Crippen molar-refractivity contribution in [2.75, 3.05) is 0 Å². The average molecular weight is 318 g/mol. The molecule has 2 aromatic heterocycles. The van der Waals surface area contributed by atoms with Gasteiger partial charge in [0.15, 0.2) is 0 Å². The molecule has 2 aromatic rings. The lowest BCUT2D eigenvalue weighted by atomic mass is 10.2. The molecule has 1 amide bonds. The van der Waals surface area contributed by atoms with E-state index < -0.39 is 0 Å². The van der Waals surface area contributed by atoms with Crippen LogP contribution in [0.3, 0.4) is 0 Å². The van der Waals surface area contributed by atoms with Gasteiger partial charge in [-0.3, -0.25) is 9.48 Å². The zero-order valence-electron chi connectivity index (χ0n) is 10.7. The number of amides is 1. The number of aryl methyl sites for hydroxylation is 2. The first-order chi connectivity index (χ1) is 8.90. The van der Waals surface area contributed by atoms with Crippen LogP contribution in [-0.4, -0.2) is 15.7 Å². The molecule has 1 atom stereocenters. The predicted molar refractivity (Wildman–Crippen MR) is 78.2 cm³/mol. The first-order valence-corrected chi connectivity index (χ1v) is 7.22. The topological polar surface area (TPSA) is 46.9 Å². The fourth-order valence-corrected chi connectivity index (χ4v) is 3.11. The summed E-state index contributed by atoms with van der Waals surface area (Å²) >= 11 is 13.4. The molecule has 1 N–H and O–H groups in total. The molecule has 0 radical (unpaired) electrons. The Morgan fingerprint density at radius 3 is 2.63 bits per heavy atom. The Bertz CT molecular complexity index is 621. The van der Waals surface area contributed by atoms with Crippen LogP contribution in [-0.2, 0) is 7.05 Å². The lowest BCUT2D eigenvalue weighted by Gasteiger charge is -2.12. The fraction of sp³-hybridized carbons (Fsp3) is 0.333. The highest BCUT2D eigenvalue weighted by atomic mass is 35.5. The van der Waals surface area contributed by atoms with Crippen LogP contribution in [0.4, 0.5) is 0 Å². The van der Waals surface area contributed by atoms with Crippen molar-refractivity contribution >= 4 is 40.4 Å². The van der Waals surface area contributed by atoms with Gasteiger partial charge >= 0.3 is 0 Å². The summed E-state index contributed by atoms with van der Waals surface area (Å²) in [7, 11) is 1.70. The van der Waals surface area contributed by atoms with E-state index in [-0.39, 0.29) is 11.9 Å². The summed E-state index contributed by atoms with van der Waals surface area (Å²) in [6.07, 6.45) is 0. The van der Waals surface area contributed by atoms with Gasteiger partial charge in [-0.15, -0.1) is 11.3 Å². The minimum Gasteiger partial charge on any atom is -0.345 e. The van der Waals surface area contributed by atoms with Gasteiger partial charge in [-0.05, 0) is 26.0 Å². The van der Waals surface area contributed by atoms with Gasteiger partial charge in [-0.1, -0.05) is 23.2 Å². The summed E-state index contributed by atoms with van der Waals surface area (Å²) in [5.74, 6) is -0.229. The van der Waals surface area contributed by atoms with E-state index in [1.807, 2.05) is 19.1 Å². The van der Waals surface area contributed by atoms with Crippen LogP contribution in [0, 0.1) is 6.92 Å². The largest absolute Gasteiger partial charge is 0.345 e. The molecule has 0 unspecified atom stereocenters. The first kappa shape index (κ1) is 14.4. The van der Waals surface area contributed by atoms with Gasteiger partial charge in [0.05, 0.1) is 21.6 Å². The number of nitrogens with one attached hydrogen (secondary N) is 1. The van der Waals surface area contributed by atoms with Crippen molar-refractivity contribution in [1.82, 2.24) is 15.1 Å². The summed E-state index contributed by atoms with van der Waals surface area (Å²) in [5.41, 5.74) is 1.03. The van der Waals surface area contributed by atoms with Crippen LogP contribution in [0.2, 0.25) is 9.49 Å². The van der Waals surface area contributed by atoms with E-state index in [1.54, 1.807) is 14.0 Å². The number of rotatable bonds is 3. The summed E-state index contributed by atoms with van der Waals surface area (Å²) in [6.45, 7) is 3.66. The van der Waals surface area contributed by atoms with Gasteiger partial charge < -0.3 is 5.32 Å². The number of hydrogen-bond donors (Lipinski definition) is 1. The van der Waals surface area contributed by atoms with Gasteiger partial charge in [-0.2, -0.15) is 5.10 Å². The summed E-state index contributed by atoms with van der Waals surface area (Å²) in [4.78, 5) is 13.2. The number of hydrogen-bond acceptors (Lipinski definition) is 3. The average Bonchev–Trinajstić information content (AvgIpc) is 2.84. The van der Waals surface area contributed by atoms with E-state index in [2.05, 4.69) is 10.4 Å². The van der Waals surface area contributed by atoms with Crippen molar-refractivity contribution in [2.45, 2.75) is 19.9 Å². The standard InChI is InChI=1S/C12H13Cl2N3OS/c1-6(8-4-5-9(13)19-8)15-12(18)10-7(2)16-17(3)11(10)14/h4-6H,1-3H3,(H,15,18)/t6-/m0/s1. The lowest BCUT2D eigenvalue weighted by molar-refractivity contribution is 0.0940. The van der Waals surface area contributed by atoms with Crippen molar-refractivity contribution in [3.8, 4) is 0 Å². The Hall–Kier alpha value is -1.04. The SMILES string of the molecule is Cc1nn(C)c(Cl)c1C(=O)N[C@@H](C)c1ccc(Cl)s1. The molecule has 0 spiro atoms. The third-order valence-corrected chi connectivity index (χ3v) is 4.60.